The summed E-state index contributed by atoms with van der Waals surface area (Å²) in [5.41, 5.74) is 0.592. The SMILES string of the molecule is C=C(C)C(=O)NCCCCCCC(C)C. The van der Waals surface area contributed by atoms with Gasteiger partial charge in [0, 0.05) is 12.1 Å². The van der Waals surface area contributed by atoms with E-state index in [0.29, 0.717) is 5.57 Å². The number of rotatable bonds is 8. The van der Waals surface area contributed by atoms with Crippen LogP contribution in [-0.4, -0.2) is 12.5 Å². The van der Waals surface area contributed by atoms with Gasteiger partial charge in [0.05, 0.1) is 0 Å². The molecular formula is C13H25NO. The van der Waals surface area contributed by atoms with E-state index in [1.54, 1.807) is 6.92 Å². The Morgan fingerprint density at radius 2 is 1.80 bits per heavy atom. The molecule has 0 unspecified atom stereocenters. The van der Waals surface area contributed by atoms with Gasteiger partial charge >= 0.3 is 0 Å². The molecule has 0 fully saturated rings. The Morgan fingerprint density at radius 1 is 1.20 bits per heavy atom. The second-order valence-electron chi connectivity index (χ2n) is 4.63. The molecule has 1 N–H and O–H groups in total. The van der Waals surface area contributed by atoms with Gasteiger partial charge in [0.25, 0.3) is 0 Å². The zero-order valence-corrected chi connectivity index (χ0v) is 10.4. The summed E-state index contributed by atoms with van der Waals surface area (Å²) >= 11 is 0. The predicted molar refractivity (Wildman–Crippen MR) is 65.7 cm³/mol. The van der Waals surface area contributed by atoms with E-state index >= 15 is 0 Å². The zero-order valence-electron chi connectivity index (χ0n) is 10.4. The van der Waals surface area contributed by atoms with Crippen LogP contribution in [0.1, 0.15) is 52.9 Å². The quantitative estimate of drug-likeness (QED) is 0.484. The summed E-state index contributed by atoms with van der Waals surface area (Å²) < 4.78 is 0. The van der Waals surface area contributed by atoms with Gasteiger partial charge in [-0.2, -0.15) is 0 Å². The van der Waals surface area contributed by atoms with E-state index in [-0.39, 0.29) is 5.91 Å². The number of hydrogen-bond donors (Lipinski definition) is 1. The minimum atomic E-state index is -0.0165. The van der Waals surface area contributed by atoms with Crippen molar-refractivity contribution in [2.24, 2.45) is 5.92 Å². The molecule has 0 heterocycles. The molecule has 2 nitrogen and oxygen atoms in total. The highest BCUT2D eigenvalue weighted by Gasteiger charge is 1.99. The monoisotopic (exact) mass is 211 g/mol. The number of amides is 1. The van der Waals surface area contributed by atoms with E-state index in [2.05, 4.69) is 25.7 Å². The minimum Gasteiger partial charge on any atom is -0.352 e. The van der Waals surface area contributed by atoms with Crippen LogP contribution in [0.3, 0.4) is 0 Å². The smallest absolute Gasteiger partial charge is 0.246 e. The third kappa shape index (κ3) is 9.51. The molecule has 0 saturated carbocycles. The van der Waals surface area contributed by atoms with Crippen LogP contribution in [0, 0.1) is 5.92 Å². The lowest BCUT2D eigenvalue weighted by molar-refractivity contribution is -0.117. The van der Waals surface area contributed by atoms with Gasteiger partial charge < -0.3 is 5.32 Å². The molecule has 0 saturated heterocycles. The molecule has 0 aromatic carbocycles. The van der Waals surface area contributed by atoms with Crippen LogP contribution < -0.4 is 5.32 Å². The molecule has 0 radical (unpaired) electrons. The summed E-state index contributed by atoms with van der Waals surface area (Å²) in [6.45, 7) is 10.6. The van der Waals surface area contributed by atoms with Crippen LogP contribution in [0.15, 0.2) is 12.2 Å². The summed E-state index contributed by atoms with van der Waals surface area (Å²) in [4.78, 5) is 11.1. The molecule has 1 amide bonds. The number of carbonyl (C=O) groups is 1. The Morgan fingerprint density at radius 3 is 2.33 bits per heavy atom. The van der Waals surface area contributed by atoms with Crippen molar-refractivity contribution in [2.45, 2.75) is 52.9 Å². The van der Waals surface area contributed by atoms with Gasteiger partial charge in [0.1, 0.15) is 0 Å². The van der Waals surface area contributed by atoms with Gasteiger partial charge in [-0.25, -0.2) is 0 Å². The van der Waals surface area contributed by atoms with Crippen molar-refractivity contribution in [3.8, 4) is 0 Å². The first-order chi connectivity index (χ1) is 7.04. The maximum Gasteiger partial charge on any atom is 0.246 e. The number of hydrogen-bond acceptors (Lipinski definition) is 1. The lowest BCUT2D eigenvalue weighted by Crippen LogP contribution is -2.24. The van der Waals surface area contributed by atoms with Gasteiger partial charge in [-0.3, -0.25) is 4.79 Å². The Kier molecular flexibility index (Phi) is 8.06. The Hall–Kier alpha value is -0.790. The van der Waals surface area contributed by atoms with Crippen molar-refractivity contribution in [1.29, 1.82) is 0 Å². The molecule has 0 aromatic rings. The third-order valence-electron chi connectivity index (χ3n) is 2.38. The van der Waals surface area contributed by atoms with Crippen LogP contribution in [0.5, 0.6) is 0 Å². The van der Waals surface area contributed by atoms with Gasteiger partial charge in [-0.05, 0) is 19.3 Å². The van der Waals surface area contributed by atoms with E-state index in [1.165, 1.54) is 25.7 Å². The molecule has 0 spiro atoms. The van der Waals surface area contributed by atoms with Crippen molar-refractivity contribution >= 4 is 5.91 Å². The fourth-order valence-corrected chi connectivity index (χ4v) is 1.38. The minimum absolute atomic E-state index is 0.0165. The molecular weight excluding hydrogens is 186 g/mol. The first kappa shape index (κ1) is 14.2. The van der Waals surface area contributed by atoms with E-state index < -0.39 is 0 Å². The van der Waals surface area contributed by atoms with E-state index in [0.717, 1.165) is 18.9 Å². The molecule has 0 rings (SSSR count). The van der Waals surface area contributed by atoms with Gasteiger partial charge in [-0.15, -0.1) is 0 Å². The Balaban J connectivity index is 3.18. The largest absolute Gasteiger partial charge is 0.352 e. The third-order valence-corrected chi connectivity index (χ3v) is 2.38. The molecule has 0 aromatic heterocycles. The maximum absolute atomic E-state index is 11.1. The number of nitrogens with one attached hydrogen (secondary N) is 1. The van der Waals surface area contributed by atoms with Crippen LogP contribution in [0.2, 0.25) is 0 Å². The zero-order chi connectivity index (χ0) is 11.7. The summed E-state index contributed by atoms with van der Waals surface area (Å²) in [6, 6.07) is 0. The van der Waals surface area contributed by atoms with Crippen LogP contribution in [0.4, 0.5) is 0 Å². The van der Waals surface area contributed by atoms with Crippen LogP contribution in [0.25, 0.3) is 0 Å². The van der Waals surface area contributed by atoms with E-state index in [1.807, 2.05) is 0 Å². The molecule has 15 heavy (non-hydrogen) atoms. The summed E-state index contributed by atoms with van der Waals surface area (Å²) in [5, 5.41) is 2.84. The van der Waals surface area contributed by atoms with E-state index in [9.17, 15) is 4.79 Å². The summed E-state index contributed by atoms with van der Waals surface area (Å²) in [6.07, 6.45) is 6.20. The number of unbranched alkanes of at least 4 members (excludes halogenated alkanes) is 3. The average molecular weight is 211 g/mol. The highest BCUT2D eigenvalue weighted by molar-refractivity contribution is 5.91. The van der Waals surface area contributed by atoms with Crippen LogP contribution >= 0.6 is 0 Å². The second kappa shape index (κ2) is 8.51. The van der Waals surface area contributed by atoms with Crippen molar-refractivity contribution in [3.05, 3.63) is 12.2 Å². The van der Waals surface area contributed by atoms with Gasteiger partial charge in [-0.1, -0.05) is 46.1 Å². The number of carbonyl (C=O) groups excluding carboxylic acids is 1. The molecule has 0 aliphatic heterocycles. The molecule has 0 bridgehead atoms. The average Bonchev–Trinajstić information content (AvgIpc) is 2.15. The standard InChI is InChI=1S/C13H25NO/c1-11(2)9-7-5-6-8-10-14-13(15)12(3)4/h11H,3,5-10H2,1-2,4H3,(H,14,15). The molecule has 0 aliphatic rings. The first-order valence-corrected chi connectivity index (χ1v) is 5.97. The topological polar surface area (TPSA) is 29.1 Å². The van der Waals surface area contributed by atoms with Crippen molar-refractivity contribution in [3.63, 3.8) is 0 Å². The summed E-state index contributed by atoms with van der Waals surface area (Å²) in [5.74, 6) is 0.797. The highest BCUT2D eigenvalue weighted by atomic mass is 16.1. The van der Waals surface area contributed by atoms with Crippen molar-refractivity contribution in [1.82, 2.24) is 5.32 Å². The second-order valence-corrected chi connectivity index (χ2v) is 4.63. The lowest BCUT2D eigenvalue weighted by atomic mass is 10.0. The fraction of sp³-hybridized carbons (Fsp3) is 0.769. The summed E-state index contributed by atoms with van der Waals surface area (Å²) in [7, 11) is 0. The molecule has 0 atom stereocenters. The normalized spacial score (nSPS) is 10.4. The predicted octanol–water partition coefficient (Wildman–Crippen LogP) is 3.29. The maximum atomic E-state index is 11.1. The fourth-order valence-electron chi connectivity index (χ4n) is 1.38. The van der Waals surface area contributed by atoms with Gasteiger partial charge in [0.15, 0.2) is 0 Å². The van der Waals surface area contributed by atoms with Gasteiger partial charge in [0.2, 0.25) is 5.91 Å². The van der Waals surface area contributed by atoms with Crippen molar-refractivity contribution in [2.75, 3.05) is 6.54 Å². The molecule has 88 valence electrons. The Labute approximate surface area is 94.1 Å². The molecule has 2 heteroatoms. The molecule has 0 aliphatic carbocycles. The Bertz CT molecular complexity index is 197. The first-order valence-electron chi connectivity index (χ1n) is 5.97. The van der Waals surface area contributed by atoms with Crippen LogP contribution in [-0.2, 0) is 4.79 Å². The van der Waals surface area contributed by atoms with Crippen molar-refractivity contribution < 1.29 is 4.79 Å². The highest BCUT2D eigenvalue weighted by Crippen LogP contribution is 2.08. The lowest BCUT2D eigenvalue weighted by Gasteiger charge is -2.05. The van der Waals surface area contributed by atoms with E-state index in [4.69, 9.17) is 0 Å².